The van der Waals surface area contributed by atoms with Crippen LogP contribution in [0.5, 0.6) is 11.6 Å². The second kappa shape index (κ2) is 8.99. The Hall–Kier alpha value is -4.98. The molecule has 0 radical (unpaired) electrons. The predicted molar refractivity (Wildman–Crippen MR) is 138 cm³/mol. The largest absolute Gasteiger partial charge is 0.489 e. The molecule has 8 heteroatoms. The first-order valence-corrected chi connectivity index (χ1v) is 11.4. The maximum Gasteiger partial charge on any atom is 0.262 e. The zero-order valence-electron chi connectivity index (χ0n) is 19.4. The standard InChI is InChI=1S/C28H21N5O3/c1-35-28-22(15-19-14-21(12-13-24(19)30-28)36-17-18-8-4-2-5-9-18)25-31-26-23(27(34)32-25)16-29-33(26)20-10-6-3-7-11-20/h2-16H,17H2,1H3,(H,31,32,34). The van der Waals surface area contributed by atoms with Crippen molar-refractivity contribution < 1.29 is 9.47 Å². The molecule has 0 aliphatic carbocycles. The third-order valence-electron chi connectivity index (χ3n) is 5.89. The number of benzene rings is 3. The Kier molecular flexibility index (Phi) is 5.38. The second-order valence-corrected chi connectivity index (χ2v) is 8.22. The van der Waals surface area contributed by atoms with Crippen molar-refractivity contribution in [2.75, 3.05) is 7.11 Å². The molecule has 6 aromatic rings. The van der Waals surface area contributed by atoms with Gasteiger partial charge in [0.15, 0.2) is 5.65 Å². The summed E-state index contributed by atoms with van der Waals surface area (Å²) in [6.07, 6.45) is 1.52. The van der Waals surface area contributed by atoms with E-state index in [0.29, 0.717) is 40.7 Å². The molecule has 3 aromatic heterocycles. The van der Waals surface area contributed by atoms with Crippen molar-refractivity contribution in [3.8, 4) is 28.7 Å². The number of nitrogens with one attached hydrogen (secondary N) is 1. The van der Waals surface area contributed by atoms with Gasteiger partial charge in [-0.05, 0) is 42.0 Å². The van der Waals surface area contributed by atoms with Gasteiger partial charge in [-0.25, -0.2) is 14.6 Å². The summed E-state index contributed by atoms with van der Waals surface area (Å²) >= 11 is 0. The van der Waals surface area contributed by atoms with Crippen LogP contribution < -0.4 is 15.0 Å². The van der Waals surface area contributed by atoms with E-state index in [9.17, 15) is 4.79 Å². The Morgan fingerprint density at radius 1 is 0.917 bits per heavy atom. The molecule has 0 saturated heterocycles. The van der Waals surface area contributed by atoms with Crippen LogP contribution >= 0.6 is 0 Å². The molecule has 0 spiro atoms. The highest BCUT2D eigenvalue weighted by Gasteiger charge is 2.17. The summed E-state index contributed by atoms with van der Waals surface area (Å²) < 4.78 is 13.2. The average molecular weight is 476 g/mol. The monoisotopic (exact) mass is 475 g/mol. The van der Waals surface area contributed by atoms with Gasteiger partial charge in [0.05, 0.1) is 30.1 Å². The van der Waals surface area contributed by atoms with Crippen molar-refractivity contribution in [1.29, 1.82) is 0 Å². The average Bonchev–Trinajstić information content (AvgIpc) is 3.37. The minimum Gasteiger partial charge on any atom is -0.489 e. The van der Waals surface area contributed by atoms with Gasteiger partial charge in [-0.2, -0.15) is 5.10 Å². The summed E-state index contributed by atoms with van der Waals surface area (Å²) in [7, 11) is 1.54. The molecule has 3 aromatic carbocycles. The summed E-state index contributed by atoms with van der Waals surface area (Å²) in [6.45, 7) is 0.456. The SMILES string of the molecule is COc1nc2ccc(OCc3ccccc3)cc2cc1-c1nc2c(cnn2-c2ccccc2)c(=O)[nH]1. The summed E-state index contributed by atoms with van der Waals surface area (Å²) in [5, 5.41) is 5.61. The lowest BCUT2D eigenvalue weighted by Crippen LogP contribution is -2.11. The van der Waals surface area contributed by atoms with E-state index in [-0.39, 0.29) is 5.56 Å². The van der Waals surface area contributed by atoms with Crippen LogP contribution in [0.2, 0.25) is 0 Å². The summed E-state index contributed by atoms with van der Waals surface area (Å²) in [4.78, 5) is 25.2. The van der Waals surface area contributed by atoms with E-state index in [1.165, 1.54) is 6.20 Å². The molecular weight excluding hydrogens is 454 g/mol. The van der Waals surface area contributed by atoms with E-state index in [4.69, 9.17) is 14.5 Å². The molecule has 0 amide bonds. The lowest BCUT2D eigenvalue weighted by molar-refractivity contribution is 0.306. The van der Waals surface area contributed by atoms with Crippen LogP contribution in [0.3, 0.4) is 0 Å². The molecule has 0 saturated carbocycles. The quantitative estimate of drug-likeness (QED) is 0.368. The minimum atomic E-state index is -0.292. The molecule has 6 rings (SSSR count). The van der Waals surface area contributed by atoms with Crippen LogP contribution in [0, 0.1) is 0 Å². The number of para-hydroxylation sites is 1. The molecule has 36 heavy (non-hydrogen) atoms. The summed E-state index contributed by atoms with van der Waals surface area (Å²) in [5.41, 5.74) is 3.34. The number of ether oxygens (including phenoxy) is 2. The second-order valence-electron chi connectivity index (χ2n) is 8.22. The van der Waals surface area contributed by atoms with Crippen LogP contribution in [-0.4, -0.2) is 31.8 Å². The molecule has 0 unspecified atom stereocenters. The van der Waals surface area contributed by atoms with Gasteiger partial charge in [0.1, 0.15) is 23.6 Å². The maximum absolute atomic E-state index is 12.9. The zero-order valence-corrected chi connectivity index (χ0v) is 19.4. The normalized spacial score (nSPS) is 11.1. The van der Waals surface area contributed by atoms with E-state index >= 15 is 0 Å². The number of hydrogen-bond donors (Lipinski definition) is 1. The number of nitrogens with zero attached hydrogens (tertiary/aromatic N) is 4. The topological polar surface area (TPSA) is 94.9 Å². The zero-order chi connectivity index (χ0) is 24.5. The van der Waals surface area contributed by atoms with Crippen LogP contribution in [0.15, 0.2) is 95.9 Å². The Bertz CT molecular complexity index is 1740. The van der Waals surface area contributed by atoms with Gasteiger partial charge in [-0.3, -0.25) is 4.79 Å². The van der Waals surface area contributed by atoms with Crippen molar-refractivity contribution in [2.24, 2.45) is 0 Å². The van der Waals surface area contributed by atoms with Gasteiger partial charge in [-0.1, -0.05) is 48.5 Å². The van der Waals surface area contributed by atoms with Crippen molar-refractivity contribution in [3.63, 3.8) is 0 Å². The van der Waals surface area contributed by atoms with Crippen molar-refractivity contribution in [1.82, 2.24) is 24.7 Å². The third kappa shape index (κ3) is 3.94. The molecule has 176 valence electrons. The van der Waals surface area contributed by atoms with E-state index in [0.717, 1.165) is 22.2 Å². The Morgan fingerprint density at radius 3 is 2.47 bits per heavy atom. The smallest absolute Gasteiger partial charge is 0.262 e. The molecule has 3 heterocycles. The van der Waals surface area contributed by atoms with Crippen LogP contribution in [0.25, 0.3) is 39.0 Å². The molecule has 0 atom stereocenters. The first kappa shape index (κ1) is 21.5. The van der Waals surface area contributed by atoms with Gasteiger partial charge in [0, 0.05) is 5.39 Å². The molecule has 1 N–H and O–H groups in total. The Labute approximate surface area is 205 Å². The number of aromatic nitrogens is 5. The Balaban J connectivity index is 1.44. The molecule has 0 fully saturated rings. The number of hydrogen-bond acceptors (Lipinski definition) is 6. The van der Waals surface area contributed by atoms with Gasteiger partial charge >= 0.3 is 0 Å². The summed E-state index contributed by atoms with van der Waals surface area (Å²) in [6, 6.07) is 27.1. The minimum absolute atomic E-state index is 0.292. The number of rotatable bonds is 6. The third-order valence-corrected chi connectivity index (χ3v) is 5.89. The number of H-pyrrole nitrogens is 1. The molecule has 0 bridgehead atoms. The Morgan fingerprint density at radius 2 is 1.69 bits per heavy atom. The lowest BCUT2D eigenvalue weighted by Gasteiger charge is -2.11. The lowest BCUT2D eigenvalue weighted by atomic mass is 10.1. The van der Waals surface area contributed by atoms with Gasteiger partial charge < -0.3 is 14.5 Å². The highest BCUT2D eigenvalue weighted by molar-refractivity contribution is 5.87. The molecule has 0 aliphatic rings. The van der Waals surface area contributed by atoms with Crippen LogP contribution in [-0.2, 0) is 6.61 Å². The first-order chi connectivity index (χ1) is 17.7. The van der Waals surface area contributed by atoms with E-state index < -0.39 is 0 Å². The highest BCUT2D eigenvalue weighted by atomic mass is 16.5. The van der Waals surface area contributed by atoms with Crippen molar-refractivity contribution >= 4 is 21.9 Å². The fraction of sp³-hybridized carbons (Fsp3) is 0.0714. The van der Waals surface area contributed by atoms with E-state index in [1.54, 1.807) is 11.8 Å². The highest BCUT2D eigenvalue weighted by Crippen LogP contribution is 2.31. The first-order valence-electron chi connectivity index (χ1n) is 11.4. The van der Waals surface area contributed by atoms with Gasteiger partial charge in [0.25, 0.3) is 5.56 Å². The van der Waals surface area contributed by atoms with Gasteiger partial charge in [0.2, 0.25) is 5.88 Å². The van der Waals surface area contributed by atoms with E-state index in [2.05, 4.69) is 15.1 Å². The van der Waals surface area contributed by atoms with Crippen LogP contribution in [0.4, 0.5) is 0 Å². The molecular formula is C28H21N5O3. The number of fused-ring (bicyclic) bond motifs is 2. The fourth-order valence-corrected chi connectivity index (χ4v) is 4.10. The van der Waals surface area contributed by atoms with E-state index in [1.807, 2.05) is 84.9 Å². The molecule has 0 aliphatic heterocycles. The fourth-order valence-electron chi connectivity index (χ4n) is 4.10. The van der Waals surface area contributed by atoms with Crippen molar-refractivity contribution in [3.05, 3.63) is 107 Å². The summed E-state index contributed by atoms with van der Waals surface area (Å²) in [5.74, 6) is 1.41. The van der Waals surface area contributed by atoms with Gasteiger partial charge in [-0.15, -0.1) is 0 Å². The molecule has 8 nitrogen and oxygen atoms in total. The predicted octanol–water partition coefficient (Wildman–Crippen LogP) is 4.91. The van der Waals surface area contributed by atoms with Crippen LogP contribution in [0.1, 0.15) is 5.56 Å². The van der Waals surface area contributed by atoms with Crippen molar-refractivity contribution in [2.45, 2.75) is 6.61 Å². The number of methoxy groups -OCH3 is 1. The maximum atomic E-state index is 12.9. The number of pyridine rings is 1. The number of aromatic amines is 1.